The SMILES string of the molecule is COc1ccc(-c2nnc3n2CCS3)cc1. The van der Waals surface area contributed by atoms with Gasteiger partial charge in [0.1, 0.15) is 5.75 Å². The van der Waals surface area contributed by atoms with Crippen LogP contribution in [-0.2, 0) is 6.54 Å². The quantitative estimate of drug-likeness (QED) is 0.796. The Morgan fingerprint density at radius 3 is 2.81 bits per heavy atom. The molecule has 0 unspecified atom stereocenters. The lowest BCUT2D eigenvalue weighted by atomic mass is 10.2. The van der Waals surface area contributed by atoms with Crippen molar-refractivity contribution >= 4 is 11.8 Å². The molecule has 1 aliphatic heterocycles. The van der Waals surface area contributed by atoms with Crippen LogP contribution in [0.4, 0.5) is 0 Å². The number of methoxy groups -OCH3 is 1. The van der Waals surface area contributed by atoms with Gasteiger partial charge in [-0.05, 0) is 24.3 Å². The second-order valence-corrected chi connectivity index (χ2v) is 4.60. The number of benzene rings is 1. The molecule has 1 aromatic carbocycles. The molecule has 2 aromatic rings. The molecule has 0 bridgehead atoms. The minimum Gasteiger partial charge on any atom is -0.497 e. The van der Waals surface area contributed by atoms with Gasteiger partial charge in [0.15, 0.2) is 11.0 Å². The smallest absolute Gasteiger partial charge is 0.191 e. The summed E-state index contributed by atoms with van der Waals surface area (Å²) < 4.78 is 7.29. The van der Waals surface area contributed by atoms with E-state index in [0.29, 0.717) is 0 Å². The summed E-state index contributed by atoms with van der Waals surface area (Å²) in [7, 11) is 1.67. The van der Waals surface area contributed by atoms with Gasteiger partial charge in [0.25, 0.3) is 0 Å². The monoisotopic (exact) mass is 233 g/mol. The highest BCUT2D eigenvalue weighted by Crippen LogP contribution is 2.29. The summed E-state index contributed by atoms with van der Waals surface area (Å²) in [5.41, 5.74) is 1.09. The third kappa shape index (κ3) is 1.48. The zero-order valence-electron chi connectivity index (χ0n) is 8.88. The molecule has 0 saturated carbocycles. The first kappa shape index (κ1) is 9.72. The Morgan fingerprint density at radius 1 is 1.25 bits per heavy atom. The molecule has 0 fully saturated rings. The van der Waals surface area contributed by atoms with Crippen molar-refractivity contribution in [2.24, 2.45) is 0 Å². The summed E-state index contributed by atoms with van der Waals surface area (Å²) in [4.78, 5) is 0. The van der Waals surface area contributed by atoms with Gasteiger partial charge in [0.05, 0.1) is 7.11 Å². The van der Waals surface area contributed by atoms with Crippen LogP contribution in [0, 0.1) is 0 Å². The second kappa shape index (κ2) is 3.83. The zero-order valence-corrected chi connectivity index (χ0v) is 9.70. The lowest BCUT2D eigenvalue weighted by Gasteiger charge is -2.03. The maximum absolute atomic E-state index is 5.13. The number of hydrogen-bond donors (Lipinski definition) is 0. The standard InChI is InChI=1S/C11H11N3OS/c1-15-9-4-2-8(3-5-9)10-12-13-11-14(10)6-7-16-11/h2-5H,6-7H2,1H3. The Balaban J connectivity index is 2.01. The van der Waals surface area contributed by atoms with E-state index in [4.69, 9.17) is 4.74 Å². The van der Waals surface area contributed by atoms with Crippen molar-refractivity contribution in [3.05, 3.63) is 24.3 Å². The average molecular weight is 233 g/mol. The van der Waals surface area contributed by atoms with E-state index in [9.17, 15) is 0 Å². The Morgan fingerprint density at radius 2 is 2.06 bits per heavy atom. The van der Waals surface area contributed by atoms with Gasteiger partial charge in [-0.25, -0.2) is 0 Å². The Labute approximate surface area is 97.6 Å². The number of aromatic nitrogens is 3. The fourth-order valence-electron chi connectivity index (χ4n) is 1.78. The van der Waals surface area contributed by atoms with E-state index in [1.807, 2.05) is 24.3 Å². The van der Waals surface area contributed by atoms with E-state index in [1.54, 1.807) is 18.9 Å². The van der Waals surface area contributed by atoms with Gasteiger partial charge < -0.3 is 9.30 Å². The molecular weight excluding hydrogens is 222 g/mol. The Hall–Kier alpha value is -1.49. The predicted octanol–water partition coefficient (Wildman–Crippen LogP) is 2.06. The van der Waals surface area contributed by atoms with E-state index >= 15 is 0 Å². The molecule has 0 saturated heterocycles. The first-order valence-electron chi connectivity index (χ1n) is 5.09. The summed E-state index contributed by atoms with van der Waals surface area (Å²) in [5.74, 6) is 2.90. The molecule has 0 aliphatic carbocycles. The van der Waals surface area contributed by atoms with E-state index in [-0.39, 0.29) is 0 Å². The van der Waals surface area contributed by atoms with Gasteiger partial charge in [0, 0.05) is 17.9 Å². The highest BCUT2D eigenvalue weighted by molar-refractivity contribution is 7.99. The van der Waals surface area contributed by atoms with Crippen molar-refractivity contribution in [2.45, 2.75) is 11.7 Å². The largest absolute Gasteiger partial charge is 0.497 e. The molecule has 0 spiro atoms. The first-order chi connectivity index (χ1) is 7.88. The molecule has 4 nitrogen and oxygen atoms in total. The van der Waals surface area contributed by atoms with Crippen LogP contribution in [-0.4, -0.2) is 27.6 Å². The van der Waals surface area contributed by atoms with Crippen molar-refractivity contribution in [1.82, 2.24) is 14.8 Å². The maximum atomic E-state index is 5.13. The summed E-state index contributed by atoms with van der Waals surface area (Å²) in [5, 5.41) is 9.39. The molecule has 0 N–H and O–H groups in total. The number of fused-ring (bicyclic) bond motifs is 1. The van der Waals surface area contributed by atoms with Crippen LogP contribution in [0.2, 0.25) is 0 Å². The lowest BCUT2D eigenvalue weighted by molar-refractivity contribution is 0.415. The van der Waals surface area contributed by atoms with Crippen molar-refractivity contribution in [3.63, 3.8) is 0 Å². The third-order valence-electron chi connectivity index (χ3n) is 2.61. The Bertz CT molecular complexity index is 506. The fraction of sp³-hybridized carbons (Fsp3) is 0.273. The highest BCUT2D eigenvalue weighted by Gasteiger charge is 2.18. The van der Waals surface area contributed by atoms with E-state index in [0.717, 1.165) is 34.6 Å². The molecule has 3 rings (SSSR count). The number of rotatable bonds is 2. The molecule has 2 heterocycles. The van der Waals surface area contributed by atoms with Gasteiger partial charge in [-0.15, -0.1) is 10.2 Å². The maximum Gasteiger partial charge on any atom is 0.191 e. The van der Waals surface area contributed by atoms with Crippen LogP contribution in [0.3, 0.4) is 0 Å². The van der Waals surface area contributed by atoms with Crippen LogP contribution < -0.4 is 4.74 Å². The predicted molar refractivity (Wildman–Crippen MR) is 62.7 cm³/mol. The number of hydrogen-bond acceptors (Lipinski definition) is 4. The molecule has 82 valence electrons. The van der Waals surface area contributed by atoms with Crippen molar-refractivity contribution < 1.29 is 4.74 Å². The van der Waals surface area contributed by atoms with Crippen molar-refractivity contribution in [1.29, 1.82) is 0 Å². The van der Waals surface area contributed by atoms with E-state index in [1.165, 1.54) is 0 Å². The van der Waals surface area contributed by atoms with Crippen LogP contribution in [0.15, 0.2) is 29.4 Å². The molecule has 5 heteroatoms. The lowest BCUT2D eigenvalue weighted by Crippen LogP contribution is -1.97. The van der Waals surface area contributed by atoms with Crippen LogP contribution in [0.25, 0.3) is 11.4 Å². The van der Waals surface area contributed by atoms with Gasteiger partial charge in [-0.2, -0.15) is 0 Å². The Kier molecular flexibility index (Phi) is 2.32. The van der Waals surface area contributed by atoms with E-state index < -0.39 is 0 Å². The van der Waals surface area contributed by atoms with Crippen LogP contribution >= 0.6 is 11.8 Å². The molecular formula is C11H11N3OS. The molecule has 1 aromatic heterocycles. The van der Waals surface area contributed by atoms with Crippen molar-refractivity contribution in [2.75, 3.05) is 12.9 Å². The summed E-state index contributed by atoms with van der Waals surface area (Å²) >= 11 is 1.76. The number of nitrogens with zero attached hydrogens (tertiary/aromatic N) is 3. The molecule has 0 amide bonds. The van der Waals surface area contributed by atoms with Gasteiger partial charge in [-0.1, -0.05) is 11.8 Å². The zero-order chi connectivity index (χ0) is 11.0. The average Bonchev–Trinajstić information content (AvgIpc) is 2.91. The van der Waals surface area contributed by atoms with E-state index in [2.05, 4.69) is 14.8 Å². The first-order valence-corrected chi connectivity index (χ1v) is 6.07. The van der Waals surface area contributed by atoms with Crippen LogP contribution in [0.5, 0.6) is 5.75 Å². The fourth-order valence-corrected chi connectivity index (χ4v) is 2.67. The summed E-state index contributed by atoms with van der Waals surface area (Å²) in [6.07, 6.45) is 0. The van der Waals surface area contributed by atoms with Gasteiger partial charge >= 0.3 is 0 Å². The highest BCUT2D eigenvalue weighted by atomic mass is 32.2. The second-order valence-electron chi connectivity index (χ2n) is 3.53. The number of thioether (sulfide) groups is 1. The summed E-state index contributed by atoms with van der Waals surface area (Å²) in [6, 6.07) is 7.91. The van der Waals surface area contributed by atoms with Gasteiger partial charge in [0.2, 0.25) is 0 Å². The molecule has 1 aliphatic rings. The molecule has 0 radical (unpaired) electrons. The van der Waals surface area contributed by atoms with Gasteiger partial charge in [-0.3, -0.25) is 0 Å². The normalized spacial score (nSPS) is 13.8. The van der Waals surface area contributed by atoms with Crippen LogP contribution in [0.1, 0.15) is 0 Å². The topological polar surface area (TPSA) is 39.9 Å². The van der Waals surface area contributed by atoms with Crippen molar-refractivity contribution in [3.8, 4) is 17.1 Å². The molecule has 0 atom stereocenters. The molecule has 16 heavy (non-hydrogen) atoms. The summed E-state index contributed by atoms with van der Waals surface area (Å²) in [6.45, 7) is 0.994. The third-order valence-corrected chi connectivity index (χ3v) is 3.56. The minimum atomic E-state index is 0.860. The minimum absolute atomic E-state index is 0.860. The number of ether oxygens (including phenoxy) is 1.